The lowest BCUT2D eigenvalue weighted by Crippen LogP contribution is -2.15. The van der Waals surface area contributed by atoms with E-state index in [1.165, 1.54) is 6.42 Å². The molecule has 1 aliphatic heterocycles. The Balaban J connectivity index is 1.94. The van der Waals surface area contributed by atoms with Gasteiger partial charge in [-0.3, -0.25) is 0 Å². The normalized spacial score (nSPS) is 23.2. The summed E-state index contributed by atoms with van der Waals surface area (Å²) in [4.78, 5) is 0. The van der Waals surface area contributed by atoms with Crippen LogP contribution in [0, 0.1) is 6.92 Å². The van der Waals surface area contributed by atoms with Gasteiger partial charge in [0, 0.05) is 12.8 Å². The Labute approximate surface area is 71.5 Å². The summed E-state index contributed by atoms with van der Waals surface area (Å²) in [5.74, 6) is 0. The van der Waals surface area contributed by atoms with Gasteiger partial charge in [-0.05, 0) is 19.8 Å². The minimum atomic E-state index is 0.353. The second-order valence-corrected chi connectivity index (χ2v) is 3.22. The number of hydrogen-bond acceptors (Lipinski definition) is 3. The predicted molar refractivity (Wildman–Crippen MR) is 43.7 cm³/mol. The summed E-state index contributed by atoms with van der Waals surface area (Å²) in [5, 5.41) is 7.88. The van der Waals surface area contributed by atoms with Crippen molar-refractivity contribution in [1.29, 1.82) is 0 Å². The zero-order chi connectivity index (χ0) is 8.39. The number of hydrogen-bond donors (Lipinski definition) is 0. The van der Waals surface area contributed by atoms with Crippen LogP contribution in [0.2, 0.25) is 0 Å². The van der Waals surface area contributed by atoms with Crippen LogP contribution in [0.4, 0.5) is 0 Å². The van der Waals surface area contributed by atoms with Crippen molar-refractivity contribution in [3.63, 3.8) is 0 Å². The quantitative estimate of drug-likeness (QED) is 0.653. The fraction of sp³-hybridized carbons (Fsp3) is 0.750. The molecule has 12 heavy (non-hydrogen) atoms. The molecule has 1 fully saturated rings. The van der Waals surface area contributed by atoms with Crippen molar-refractivity contribution in [3.05, 3.63) is 11.9 Å². The highest BCUT2D eigenvalue weighted by Crippen LogP contribution is 2.13. The summed E-state index contributed by atoms with van der Waals surface area (Å²) in [5.41, 5.74) is 0.966. The number of ether oxygens (including phenoxy) is 1. The van der Waals surface area contributed by atoms with Crippen molar-refractivity contribution in [2.24, 2.45) is 0 Å². The maximum Gasteiger partial charge on any atom is 0.0796 e. The lowest BCUT2D eigenvalue weighted by Gasteiger charge is -2.07. The van der Waals surface area contributed by atoms with Crippen LogP contribution in [0.25, 0.3) is 0 Å². The minimum Gasteiger partial charge on any atom is -0.376 e. The van der Waals surface area contributed by atoms with Crippen LogP contribution < -0.4 is 0 Å². The average Bonchev–Trinajstić information content (AvgIpc) is 2.63. The van der Waals surface area contributed by atoms with E-state index in [2.05, 4.69) is 10.3 Å². The van der Waals surface area contributed by atoms with Crippen molar-refractivity contribution in [2.45, 2.75) is 32.4 Å². The van der Waals surface area contributed by atoms with E-state index in [4.69, 9.17) is 4.74 Å². The first-order valence-electron chi connectivity index (χ1n) is 4.33. The van der Waals surface area contributed by atoms with E-state index < -0.39 is 0 Å². The topological polar surface area (TPSA) is 39.9 Å². The molecular formula is C8H13N3O. The Morgan fingerprint density at radius 1 is 1.75 bits per heavy atom. The number of rotatable bonds is 2. The molecule has 1 saturated heterocycles. The molecule has 1 aromatic heterocycles. The van der Waals surface area contributed by atoms with Gasteiger partial charge >= 0.3 is 0 Å². The van der Waals surface area contributed by atoms with Gasteiger partial charge in [0.2, 0.25) is 0 Å². The van der Waals surface area contributed by atoms with Crippen molar-refractivity contribution in [3.8, 4) is 0 Å². The third-order valence-corrected chi connectivity index (χ3v) is 2.07. The largest absolute Gasteiger partial charge is 0.376 e. The highest BCUT2D eigenvalue weighted by Gasteiger charge is 2.16. The Morgan fingerprint density at radius 3 is 3.25 bits per heavy atom. The molecule has 4 nitrogen and oxygen atoms in total. The lowest BCUT2D eigenvalue weighted by molar-refractivity contribution is 0.0935. The fourth-order valence-electron chi connectivity index (χ4n) is 1.48. The molecule has 1 aromatic rings. The first-order valence-corrected chi connectivity index (χ1v) is 4.33. The van der Waals surface area contributed by atoms with Crippen LogP contribution in [-0.4, -0.2) is 27.7 Å². The van der Waals surface area contributed by atoms with Gasteiger partial charge in [-0.2, -0.15) is 0 Å². The van der Waals surface area contributed by atoms with Gasteiger partial charge in [0.25, 0.3) is 0 Å². The molecule has 0 N–H and O–H groups in total. The lowest BCUT2D eigenvalue weighted by atomic mass is 10.2. The molecule has 2 heterocycles. The minimum absolute atomic E-state index is 0.353. The summed E-state index contributed by atoms with van der Waals surface area (Å²) in [6.45, 7) is 3.69. The van der Waals surface area contributed by atoms with Crippen LogP contribution in [0.5, 0.6) is 0 Å². The molecule has 4 heteroatoms. The fourth-order valence-corrected chi connectivity index (χ4v) is 1.48. The predicted octanol–water partition coefficient (Wildman–Crippen LogP) is 0.766. The van der Waals surface area contributed by atoms with Gasteiger partial charge < -0.3 is 4.74 Å². The SMILES string of the molecule is Cc1cn(CC2CCCO2)nn1. The van der Waals surface area contributed by atoms with Crippen LogP contribution >= 0.6 is 0 Å². The molecule has 0 amide bonds. The molecule has 0 aromatic carbocycles. The van der Waals surface area contributed by atoms with Gasteiger partial charge in [0.05, 0.1) is 18.3 Å². The van der Waals surface area contributed by atoms with E-state index in [0.717, 1.165) is 25.3 Å². The number of aromatic nitrogens is 3. The monoisotopic (exact) mass is 167 g/mol. The smallest absolute Gasteiger partial charge is 0.0796 e. The summed E-state index contributed by atoms with van der Waals surface area (Å²) in [7, 11) is 0. The second-order valence-electron chi connectivity index (χ2n) is 3.22. The molecule has 0 bridgehead atoms. The number of aryl methyl sites for hydroxylation is 1. The Hall–Kier alpha value is -0.900. The zero-order valence-electron chi connectivity index (χ0n) is 7.23. The molecule has 66 valence electrons. The first kappa shape index (κ1) is 7.73. The van der Waals surface area contributed by atoms with E-state index in [-0.39, 0.29) is 0 Å². The van der Waals surface area contributed by atoms with Crippen molar-refractivity contribution >= 4 is 0 Å². The molecular weight excluding hydrogens is 154 g/mol. The molecule has 2 rings (SSSR count). The Bertz CT molecular complexity index is 253. The van der Waals surface area contributed by atoms with E-state index in [1.54, 1.807) is 0 Å². The standard InChI is InChI=1S/C8H13N3O/c1-7-5-11(10-9-7)6-8-3-2-4-12-8/h5,8H,2-4,6H2,1H3. The van der Waals surface area contributed by atoms with Gasteiger partial charge in [-0.25, -0.2) is 4.68 Å². The van der Waals surface area contributed by atoms with Crippen LogP contribution in [0.15, 0.2) is 6.20 Å². The maximum absolute atomic E-state index is 5.48. The highest BCUT2D eigenvalue weighted by molar-refractivity contribution is 4.87. The highest BCUT2D eigenvalue weighted by atomic mass is 16.5. The molecule has 0 aliphatic carbocycles. The first-order chi connectivity index (χ1) is 5.84. The van der Waals surface area contributed by atoms with E-state index in [9.17, 15) is 0 Å². The van der Waals surface area contributed by atoms with Gasteiger partial charge in [0.15, 0.2) is 0 Å². The van der Waals surface area contributed by atoms with Gasteiger partial charge in [-0.15, -0.1) is 5.10 Å². The van der Waals surface area contributed by atoms with Crippen molar-refractivity contribution in [2.75, 3.05) is 6.61 Å². The van der Waals surface area contributed by atoms with Crippen LogP contribution in [0.1, 0.15) is 18.5 Å². The average molecular weight is 167 g/mol. The summed E-state index contributed by atoms with van der Waals surface area (Å²) < 4.78 is 7.33. The van der Waals surface area contributed by atoms with Crippen molar-refractivity contribution in [1.82, 2.24) is 15.0 Å². The Morgan fingerprint density at radius 2 is 2.67 bits per heavy atom. The van der Waals surface area contributed by atoms with E-state index in [1.807, 2.05) is 17.8 Å². The summed E-state index contributed by atoms with van der Waals surface area (Å²) >= 11 is 0. The third kappa shape index (κ3) is 1.64. The molecule has 1 unspecified atom stereocenters. The molecule has 0 spiro atoms. The molecule has 0 radical (unpaired) electrons. The zero-order valence-corrected chi connectivity index (χ0v) is 7.23. The third-order valence-electron chi connectivity index (χ3n) is 2.07. The molecule has 1 aliphatic rings. The summed E-state index contributed by atoms with van der Waals surface area (Å²) in [6.07, 6.45) is 4.63. The van der Waals surface area contributed by atoms with E-state index in [0.29, 0.717) is 6.10 Å². The van der Waals surface area contributed by atoms with Crippen LogP contribution in [-0.2, 0) is 11.3 Å². The van der Waals surface area contributed by atoms with Gasteiger partial charge in [-0.1, -0.05) is 5.21 Å². The van der Waals surface area contributed by atoms with Gasteiger partial charge in [0.1, 0.15) is 0 Å². The second kappa shape index (κ2) is 3.23. The number of nitrogens with zero attached hydrogens (tertiary/aromatic N) is 3. The molecule has 1 atom stereocenters. The van der Waals surface area contributed by atoms with Crippen molar-refractivity contribution < 1.29 is 4.74 Å². The molecule has 0 saturated carbocycles. The maximum atomic E-state index is 5.48. The summed E-state index contributed by atoms with van der Waals surface area (Å²) in [6, 6.07) is 0. The van der Waals surface area contributed by atoms with E-state index >= 15 is 0 Å². The Kier molecular flexibility index (Phi) is 2.08. The van der Waals surface area contributed by atoms with Crippen LogP contribution in [0.3, 0.4) is 0 Å².